The molecule has 0 radical (unpaired) electrons. The maximum absolute atomic E-state index is 11.9. The molecule has 0 spiro atoms. The van der Waals surface area contributed by atoms with E-state index in [0.29, 0.717) is 26.1 Å². The van der Waals surface area contributed by atoms with Crippen molar-refractivity contribution in [2.24, 2.45) is 11.8 Å². The van der Waals surface area contributed by atoms with Crippen LogP contribution in [0.2, 0.25) is 9.88 Å². The van der Waals surface area contributed by atoms with Gasteiger partial charge in [0.1, 0.15) is 0 Å². The summed E-state index contributed by atoms with van der Waals surface area (Å²) in [5.41, 5.74) is 0. The van der Waals surface area contributed by atoms with Crippen molar-refractivity contribution in [3.8, 4) is 0 Å². The molecule has 0 saturated carbocycles. The Morgan fingerprint density at radius 1 is 0.677 bits per heavy atom. The molecular formula is C24H48O4S2Sn. The van der Waals surface area contributed by atoms with E-state index >= 15 is 0 Å². The van der Waals surface area contributed by atoms with Gasteiger partial charge >= 0.3 is 203 Å². The molecule has 0 heterocycles. The van der Waals surface area contributed by atoms with Gasteiger partial charge < -0.3 is 0 Å². The number of ether oxygens (including phenoxy) is 2. The van der Waals surface area contributed by atoms with Crippen LogP contribution in [0.3, 0.4) is 0 Å². The average molecular weight is 583 g/mol. The molecule has 0 fully saturated rings. The second-order valence-corrected chi connectivity index (χ2v) is 39.3. The van der Waals surface area contributed by atoms with Crippen LogP contribution in [0.1, 0.15) is 91.9 Å². The van der Waals surface area contributed by atoms with Crippen molar-refractivity contribution in [3.63, 3.8) is 0 Å². The Bertz CT molecular complexity index is 430. The van der Waals surface area contributed by atoms with Gasteiger partial charge in [-0.15, -0.1) is 0 Å². The maximum atomic E-state index is 11.9. The molecule has 0 N–H and O–H groups in total. The molecule has 0 unspecified atom stereocenters. The molecule has 0 aliphatic heterocycles. The van der Waals surface area contributed by atoms with Gasteiger partial charge in [-0.2, -0.15) is 0 Å². The summed E-state index contributed by atoms with van der Waals surface area (Å²) in [6.07, 6.45) is 10.2. The van der Waals surface area contributed by atoms with Crippen LogP contribution in [0.25, 0.3) is 0 Å². The third kappa shape index (κ3) is 23.4. The molecule has 31 heavy (non-hydrogen) atoms. The molecule has 0 aliphatic carbocycles. The molecule has 4 nitrogen and oxygen atoms in total. The summed E-state index contributed by atoms with van der Waals surface area (Å²) in [4.78, 5) is 28.5. The number of esters is 2. The van der Waals surface area contributed by atoms with Gasteiger partial charge in [-0.3, -0.25) is 0 Å². The van der Waals surface area contributed by atoms with Crippen LogP contribution in [0, 0.1) is 11.8 Å². The van der Waals surface area contributed by atoms with Gasteiger partial charge in [0.2, 0.25) is 0 Å². The first-order valence-corrected chi connectivity index (χ1v) is 26.9. The number of carbonyl (C=O) groups excluding carboxylic acids is 2. The fraction of sp³-hybridized carbons (Fsp3) is 0.917. The Balaban J connectivity index is 3.66. The first-order valence-electron chi connectivity index (χ1n) is 12.2. The summed E-state index contributed by atoms with van der Waals surface area (Å²) < 4.78 is 10.7. The van der Waals surface area contributed by atoms with Crippen molar-refractivity contribution in [1.82, 2.24) is 0 Å². The average Bonchev–Trinajstić information content (AvgIpc) is 2.66. The number of unbranched alkanes of at least 4 members (excludes halogenated alkanes) is 4. The molecule has 0 aromatic rings. The van der Waals surface area contributed by atoms with Crippen molar-refractivity contribution < 1.29 is 19.1 Å². The summed E-state index contributed by atoms with van der Waals surface area (Å²) in [5.74, 6) is 3.04. The van der Waals surface area contributed by atoms with E-state index in [9.17, 15) is 9.59 Å². The minimum atomic E-state index is -2.31. The second-order valence-electron chi connectivity index (χ2n) is 9.52. The zero-order chi connectivity index (χ0) is 23.5. The van der Waals surface area contributed by atoms with E-state index in [4.69, 9.17) is 9.47 Å². The molecule has 7 heteroatoms. The molecule has 184 valence electrons. The van der Waals surface area contributed by atoms with Gasteiger partial charge in [0, 0.05) is 0 Å². The van der Waals surface area contributed by atoms with Crippen LogP contribution in [0.4, 0.5) is 0 Å². The van der Waals surface area contributed by atoms with E-state index in [1.165, 1.54) is 25.7 Å². The number of rotatable bonds is 20. The van der Waals surface area contributed by atoms with Crippen molar-refractivity contribution in [2.75, 3.05) is 24.7 Å². The summed E-state index contributed by atoms with van der Waals surface area (Å²) in [6, 6.07) is 0. The standard InChI is InChI=1S/2C11H22O2S.2CH3.Sn/c2*1-10(2)6-4-3-5-8-13-11(12)7-9-14;;;/h2*10,14H,3-9H2,1-2H3;2*1H3;/q;;;;+2/p-2. The molecule has 0 aromatic heterocycles. The summed E-state index contributed by atoms with van der Waals surface area (Å²) in [7, 11) is 3.92. The van der Waals surface area contributed by atoms with Crippen molar-refractivity contribution in [2.45, 2.75) is 102 Å². The number of carbonyl (C=O) groups is 2. The zero-order valence-corrected chi connectivity index (χ0v) is 25.5. The van der Waals surface area contributed by atoms with E-state index in [1.807, 2.05) is 17.9 Å². The van der Waals surface area contributed by atoms with E-state index in [-0.39, 0.29) is 11.9 Å². The molecule has 0 amide bonds. The Labute approximate surface area is 201 Å². The molecule has 0 bridgehead atoms. The fourth-order valence-electron chi connectivity index (χ4n) is 2.98. The summed E-state index contributed by atoms with van der Waals surface area (Å²) >= 11 is -2.31. The SMILES string of the molecule is CC(C)CCCCCOC(=O)CC[S][Sn]([CH3])([CH3])[S]CCC(=O)OCCCCCC(C)C. The normalized spacial score (nSPS) is 11.9. The Hall–Kier alpha value is 0.439. The van der Waals surface area contributed by atoms with Gasteiger partial charge in [0.25, 0.3) is 0 Å². The summed E-state index contributed by atoms with van der Waals surface area (Å²) in [6.45, 7) is 10.1. The first-order chi connectivity index (χ1) is 14.6. The van der Waals surface area contributed by atoms with E-state index in [1.54, 1.807) is 0 Å². The van der Waals surface area contributed by atoms with Gasteiger partial charge in [0.15, 0.2) is 0 Å². The van der Waals surface area contributed by atoms with Crippen LogP contribution >= 0.6 is 17.9 Å². The van der Waals surface area contributed by atoms with Crippen LogP contribution < -0.4 is 0 Å². The monoisotopic (exact) mass is 584 g/mol. The van der Waals surface area contributed by atoms with Crippen molar-refractivity contribution in [3.05, 3.63) is 0 Å². The Morgan fingerprint density at radius 3 is 1.42 bits per heavy atom. The van der Waals surface area contributed by atoms with Crippen LogP contribution in [0.15, 0.2) is 0 Å². The third-order valence-electron chi connectivity index (χ3n) is 4.89. The minimum absolute atomic E-state index is 0.0691. The number of hydrogen-bond acceptors (Lipinski definition) is 6. The predicted octanol–water partition coefficient (Wildman–Crippen LogP) is 7.45. The van der Waals surface area contributed by atoms with E-state index in [2.05, 4.69) is 37.6 Å². The van der Waals surface area contributed by atoms with Gasteiger partial charge in [-0.1, -0.05) is 0 Å². The predicted molar refractivity (Wildman–Crippen MR) is 140 cm³/mol. The molecule has 0 aromatic carbocycles. The van der Waals surface area contributed by atoms with Gasteiger partial charge in [-0.25, -0.2) is 0 Å². The van der Waals surface area contributed by atoms with Crippen molar-refractivity contribution >= 4 is 45.4 Å². The second kappa shape index (κ2) is 19.9. The summed E-state index contributed by atoms with van der Waals surface area (Å²) in [5, 5.41) is 0. The molecule has 0 atom stereocenters. The quantitative estimate of drug-likeness (QED) is 0.0843. The zero-order valence-electron chi connectivity index (χ0n) is 21.0. The van der Waals surface area contributed by atoms with Crippen LogP contribution in [0.5, 0.6) is 0 Å². The Morgan fingerprint density at radius 2 is 1.06 bits per heavy atom. The molecule has 0 saturated heterocycles. The topological polar surface area (TPSA) is 52.6 Å². The van der Waals surface area contributed by atoms with E-state index < -0.39 is 15.6 Å². The fourth-order valence-corrected chi connectivity index (χ4v) is 20.5. The molecule has 0 aliphatic rings. The van der Waals surface area contributed by atoms with Crippen LogP contribution in [-0.4, -0.2) is 52.3 Å². The van der Waals surface area contributed by atoms with Crippen LogP contribution in [-0.2, 0) is 19.1 Å². The number of hydrogen-bond donors (Lipinski definition) is 0. The van der Waals surface area contributed by atoms with Gasteiger partial charge in [-0.05, 0) is 0 Å². The van der Waals surface area contributed by atoms with E-state index in [0.717, 1.165) is 49.0 Å². The van der Waals surface area contributed by atoms with Gasteiger partial charge in [0.05, 0.1) is 0 Å². The first kappa shape index (κ1) is 31.4. The molecular weight excluding hydrogens is 535 g/mol. The third-order valence-corrected chi connectivity index (χ3v) is 27.2. The molecule has 0 rings (SSSR count). The Kier molecular flexibility index (Phi) is 20.1. The van der Waals surface area contributed by atoms with Crippen molar-refractivity contribution in [1.29, 1.82) is 0 Å².